The first-order valence-electron chi connectivity index (χ1n) is 8.41. The number of hydrogen-bond acceptors (Lipinski definition) is 2. The van der Waals surface area contributed by atoms with Gasteiger partial charge in [-0.25, -0.2) is 4.99 Å². The van der Waals surface area contributed by atoms with E-state index in [2.05, 4.69) is 20.9 Å². The first kappa shape index (κ1) is 20.3. The number of nitrogens with zero attached hydrogens (tertiary/aromatic N) is 1. The molecule has 0 bridgehead atoms. The highest BCUT2D eigenvalue weighted by Gasteiger charge is 2.30. The molecule has 0 aromatic heterocycles. The molecule has 0 spiro atoms. The molecule has 0 aliphatic rings. The number of rotatable bonds is 6. The lowest BCUT2D eigenvalue weighted by Crippen LogP contribution is -2.41. The number of benzene rings is 2. The second kappa shape index (κ2) is 9.61. The lowest BCUT2D eigenvalue weighted by Gasteiger charge is -2.12. The molecule has 0 unspecified atom stereocenters. The Hall–Kier alpha value is -3.03. The summed E-state index contributed by atoms with van der Waals surface area (Å²) in [5.74, 6) is 0.0870. The number of guanidine groups is 1. The summed E-state index contributed by atoms with van der Waals surface area (Å²) in [4.78, 5) is 16.2. The molecule has 0 fully saturated rings. The molecular weight excluding hydrogens is 357 g/mol. The monoisotopic (exact) mass is 378 g/mol. The lowest BCUT2D eigenvalue weighted by atomic mass is 10.1. The largest absolute Gasteiger partial charge is 0.416 e. The first-order valence-corrected chi connectivity index (χ1v) is 8.41. The van der Waals surface area contributed by atoms with Crippen LogP contribution in [0.1, 0.15) is 18.1 Å². The van der Waals surface area contributed by atoms with E-state index in [9.17, 15) is 18.0 Å². The molecule has 8 heteroatoms. The van der Waals surface area contributed by atoms with Crippen LogP contribution in [0.3, 0.4) is 0 Å². The van der Waals surface area contributed by atoms with Gasteiger partial charge >= 0.3 is 6.18 Å². The van der Waals surface area contributed by atoms with Crippen molar-refractivity contribution in [2.45, 2.75) is 19.6 Å². The highest BCUT2D eigenvalue weighted by atomic mass is 19.4. The van der Waals surface area contributed by atoms with Gasteiger partial charge in [0.25, 0.3) is 0 Å². The molecule has 0 radical (unpaired) electrons. The number of halogens is 3. The van der Waals surface area contributed by atoms with Crippen LogP contribution >= 0.6 is 0 Å². The summed E-state index contributed by atoms with van der Waals surface area (Å²) in [6, 6.07) is 14.0. The Balaban J connectivity index is 1.95. The zero-order valence-electron chi connectivity index (χ0n) is 14.8. The number of para-hydroxylation sites is 1. The fourth-order valence-corrected chi connectivity index (χ4v) is 2.25. The van der Waals surface area contributed by atoms with E-state index in [1.54, 1.807) is 18.2 Å². The molecule has 2 aromatic carbocycles. The highest BCUT2D eigenvalue weighted by molar-refractivity contribution is 5.94. The molecule has 3 N–H and O–H groups in total. The van der Waals surface area contributed by atoms with Gasteiger partial charge in [0.1, 0.15) is 0 Å². The number of carbonyl (C=O) groups is 1. The third kappa shape index (κ3) is 7.01. The van der Waals surface area contributed by atoms with Crippen molar-refractivity contribution >= 4 is 17.6 Å². The Morgan fingerprint density at radius 3 is 2.44 bits per heavy atom. The smallest absolute Gasteiger partial charge is 0.357 e. The zero-order valence-corrected chi connectivity index (χ0v) is 14.8. The molecule has 5 nitrogen and oxygen atoms in total. The summed E-state index contributed by atoms with van der Waals surface area (Å²) in [5, 5.41) is 8.54. The minimum Gasteiger partial charge on any atom is -0.357 e. The second-order valence-electron chi connectivity index (χ2n) is 5.66. The first-order chi connectivity index (χ1) is 12.9. The van der Waals surface area contributed by atoms with Crippen molar-refractivity contribution in [1.82, 2.24) is 10.6 Å². The molecule has 0 atom stereocenters. The van der Waals surface area contributed by atoms with Gasteiger partial charge in [-0.2, -0.15) is 13.2 Å². The molecule has 2 rings (SSSR count). The standard InChI is InChI=1S/C19H21F3N4O/c1-2-23-18(25-13-17(27)26-16-9-4-3-5-10-16)24-12-14-7-6-8-15(11-14)19(20,21)22/h3-11H,2,12-13H2,1H3,(H,26,27)(H2,23,24,25). The van der Waals surface area contributed by atoms with Gasteiger partial charge < -0.3 is 16.0 Å². The van der Waals surface area contributed by atoms with Crippen LogP contribution in [0.2, 0.25) is 0 Å². The molecule has 144 valence electrons. The van der Waals surface area contributed by atoms with Crippen molar-refractivity contribution in [2.24, 2.45) is 4.99 Å². The van der Waals surface area contributed by atoms with Crippen LogP contribution in [-0.4, -0.2) is 25.0 Å². The molecule has 1 amide bonds. The van der Waals surface area contributed by atoms with E-state index in [4.69, 9.17) is 0 Å². The lowest BCUT2D eigenvalue weighted by molar-refractivity contribution is -0.137. The second-order valence-corrected chi connectivity index (χ2v) is 5.66. The number of carbonyl (C=O) groups excluding carboxylic acids is 1. The van der Waals surface area contributed by atoms with Crippen molar-refractivity contribution in [3.8, 4) is 0 Å². The summed E-state index contributed by atoms with van der Waals surface area (Å²) >= 11 is 0. The molecule has 27 heavy (non-hydrogen) atoms. The van der Waals surface area contributed by atoms with Gasteiger partial charge in [-0.3, -0.25) is 4.79 Å². The Kier molecular flexibility index (Phi) is 7.22. The van der Waals surface area contributed by atoms with Gasteiger partial charge in [0.2, 0.25) is 5.91 Å². The van der Waals surface area contributed by atoms with Crippen LogP contribution < -0.4 is 16.0 Å². The highest BCUT2D eigenvalue weighted by Crippen LogP contribution is 2.29. The van der Waals surface area contributed by atoms with Gasteiger partial charge in [0.15, 0.2) is 5.96 Å². The average Bonchev–Trinajstić information content (AvgIpc) is 2.64. The summed E-state index contributed by atoms with van der Waals surface area (Å²) in [7, 11) is 0. The van der Waals surface area contributed by atoms with Crippen molar-refractivity contribution in [3.05, 3.63) is 65.7 Å². The quantitative estimate of drug-likeness (QED) is 0.533. The van der Waals surface area contributed by atoms with Crippen LogP contribution in [0.15, 0.2) is 59.6 Å². The van der Waals surface area contributed by atoms with Crippen LogP contribution in [0.25, 0.3) is 0 Å². The fraction of sp³-hybridized carbons (Fsp3) is 0.263. The van der Waals surface area contributed by atoms with Crippen LogP contribution in [0, 0.1) is 0 Å². The fourth-order valence-electron chi connectivity index (χ4n) is 2.25. The molecule has 0 aliphatic carbocycles. The molecule has 0 heterocycles. The van der Waals surface area contributed by atoms with Crippen LogP contribution in [-0.2, 0) is 17.5 Å². The van der Waals surface area contributed by atoms with Gasteiger partial charge in [0, 0.05) is 12.2 Å². The van der Waals surface area contributed by atoms with E-state index in [1.807, 2.05) is 25.1 Å². The SMILES string of the molecule is CCNC(=NCc1cccc(C(F)(F)F)c1)NCC(=O)Nc1ccccc1. The van der Waals surface area contributed by atoms with E-state index in [1.165, 1.54) is 6.07 Å². The zero-order chi connectivity index (χ0) is 19.7. The van der Waals surface area contributed by atoms with E-state index in [0.717, 1.165) is 12.1 Å². The number of anilines is 1. The molecular formula is C19H21F3N4O. The van der Waals surface area contributed by atoms with Crippen molar-refractivity contribution < 1.29 is 18.0 Å². The predicted molar refractivity (Wildman–Crippen MR) is 99.3 cm³/mol. The Bertz CT molecular complexity index is 776. The maximum absolute atomic E-state index is 12.8. The number of alkyl halides is 3. The van der Waals surface area contributed by atoms with Gasteiger partial charge in [-0.1, -0.05) is 30.3 Å². The normalized spacial score (nSPS) is 11.8. The Morgan fingerprint density at radius 1 is 1.04 bits per heavy atom. The Morgan fingerprint density at radius 2 is 1.78 bits per heavy atom. The number of aliphatic imine (C=N–C) groups is 1. The third-order valence-electron chi connectivity index (χ3n) is 3.49. The van der Waals surface area contributed by atoms with Crippen molar-refractivity contribution in [1.29, 1.82) is 0 Å². The summed E-state index contributed by atoms with van der Waals surface area (Å²) in [6.45, 7) is 2.43. The topological polar surface area (TPSA) is 65.5 Å². The molecule has 0 saturated carbocycles. The van der Waals surface area contributed by atoms with E-state index in [-0.39, 0.29) is 19.0 Å². The van der Waals surface area contributed by atoms with Gasteiger partial charge in [-0.15, -0.1) is 0 Å². The maximum atomic E-state index is 12.8. The minimum atomic E-state index is -4.39. The molecule has 0 saturated heterocycles. The van der Waals surface area contributed by atoms with E-state index >= 15 is 0 Å². The van der Waals surface area contributed by atoms with Gasteiger partial charge in [-0.05, 0) is 36.8 Å². The minimum absolute atomic E-state index is 0.0245. The predicted octanol–water partition coefficient (Wildman–Crippen LogP) is 3.40. The van der Waals surface area contributed by atoms with Gasteiger partial charge in [0.05, 0.1) is 18.7 Å². The maximum Gasteiger partial charge on any atom is 0.416 e. The third-order valence-corrected chi connectivity index (χ3v) is 3.49. The molecule has 2 aromatic rings. The van der Waals surface area contributed by atoms with E-state index in [0.29, 0.717) is 23.8 Å². The summed E-state index contributed by atoms with van der Waals surface area (Å²) in [6.07, 6.45) is -4.39. The summed E-state index contributed by atoms with van der Waals surface area (Å²) in [5.41, 5.74) is 0.390. The van der Waals surface area contributed by atoms with Crippen molar-refractivity contribution in [3.63, 3.8) is 0 Å². The summed E-state index contributed by atoms with van der Waals surface area (Å²) < 4.78 is 38.3. The van der Waals surface area contributed by atoms with Crippen molar-refractivity contribution in [2.75, 3.05) is 18.4 Å². The number of hydrogen-bond donors (Lipinski definition) is 3. The number of nitrogens with one attached hydrogen (secondary N) is 3. The van der Waals surface area contributed by atoms with Crippen LogP contribution in [0.4, 0.5) is 18.9 Å². The number of amides is 1. The van der Waals surface area contributed by atoms with E-state index < -0.39 is 11.7 Å². The van der Waals surface area contributed by atoms with Crippen LogP contribution in [0.5, 0.6) is 0 Å². The average molecular weight is 378 g/mol. The Labute approximate surface area is 155 Å². The molecule has 0 aliphatic heterocycles.